The second-order valence-corrected chi connectivity index (χ2v) is 4.61. The van der Waals surface area contributed by atoms with Gasteiger partial charge in [0.05, 0.1) is 30.2 Å². The maximum Gasteiger partial charge on any atom is 0.288 e. The van der Waals surface area contributed by atoms with Gasteiger partial charge in [-0.25, -0.2) is 8.41 Å². The summed E-state index contributed by atoms with van der Waals surface area (Å²) in [6, 6.07) is 0.215. The van der Waals surface area contributed by atoms with E-state index < -0.39 is 0 Å². The zero-order valence-corrected chi connectivity index (χ0v) is 9.89. The fraction of sp³-hybridized carbons (Fsp3) is 0.667. The van der Waals surface area contributed by atoms with Gasteiger partial charge in [-0.15, -0.1) is 0 Å². The van der Waals surface area contributed by atoms with Crippen LogP contribution >= 0.6 is 40.6 Å². The first-order valence-electron chi connectivity index (χ1n) is 3.27. The molecule has 0 N–H and O–H groups in total. The molecule has 1 saturated heterocycles. The Balaban J connectivity index is 3.06. The Bertz CT molecular complexity index is 205. The first-order chi connectivity index (χ1) is 4.89. The average Bonchev–Trinajstić information content (AvgIpc) is 2.06. The lowest BCUT2D eigenvalue weighted by Crippen LogP contribution is -2.44. The molecule has 0 saturated carbocycles. The van der Waals surface area contributed by atoms with E-state index in [0.717, 1.165) is 10.1 Å². The number of thiocarbonyl (C=S) groups is 2. The monoisotopic (exact) mass is 253 g/mol. The highest BCUT2D eigenvalue weighted by Crippen LogP contribution is 2.26. The van der Waals surface area contributed by atoms with Crippen LogP contribution < -0.4 is 0 Å². The van der Waals surface area contributed by atoms with Gasteiger partial charge < -0.3 is 0 Å². The van der Waals surface area contributed by atoms with E-state index in [2.05, 4.69) is 16.1 Å². The molecule has 0 aromatic heterocycles. The summed E-state index contributed by atoms with van der Waals surface area (Å²) in [6.45, 7) is 2.04. The molecule has 11 heavy (non-hydrogen) atoms. The number of hydrogen-bond donors (Lipinski definition) is 0. The fourth-order valence-corrected chi connectivity index (χ4v) is 2.29. The standard InChI is InChI=1S/C6H10BrN2S2/c1-4-5(10)9(2,3)6(11)8(4)7/h4H,1-3H3/q+1. The molecule has 0 spiro atoms. The molecular weight excluding hydrogens is 244 g/mol. The van der Waals surface area contributed by atoms with Gasteiger partial charge in [0.15, 0.2) is 0 Å². The van der Waals surface area contributed by atoms with Crippen LogP contribution in [0.3, 0.4) is 0 Å². The van der Waals surface area contributed by atoms with E-state index in [4.69, 9.17) is 24.4 Å². The first kappa shape index (κ1) is 9.51. The molecule has 0 radical (unpaired) electrons. The zero-order chi connectivity index (χ0) is 8.81. The van der Waals surface area contributed by atoms with Crippen molar-refractivity contribution in [1.29, 1.82) is 0 Å². The van der Waals surface area contributed by atoms with Gasteiger partial charge in [0.25, 0.3) is 5.11 Å². The molecule has 1 unspecified atom stereocenters. The zero-order valence-electron chi connectivity index (χ0n) is 6.67. The minimum atomic E-state index is 0.215. The summed E-state index contributed by atoms with van der Waals surface area (Å²) in [5.41, 5.74) is 0. The van der Waals surface area contributed by atoms with Crippen LogP contribution in [0.25, 0.3) is 0 Å². The van der Waals surface area contributed by atoms with Crippen LogP contribution in [0.15, 0.2) is 0 Å². The minimum Gasteiger partial charge on any atom is -0.240 e. The summed E-state index contributed by atoms with van der Waals surface area (Å²) >= 11 is 13.8. The third-order valence-electron chi connectivity index (χ3n) is 1.91. The summed E-state index contributed by atoms with van der Waals surface area (Å²) in [4.78, 5) is 0.951. The van der Waals surface area contributed by atoms with E-state index in [1.165, 1.54) is 0 Å². The third-order valence-corrected chi connectivity index (χ3v) is 4.54. The van der Waals surface area contributed by atoms with Crippen molar-refractivity contribution in [3.63, 3.8) is 0 Å². The second kappa shape index (κ2) is 2.73. The summed E-state index contributed by atoms with van der Waals surface area (Å²) in [5, 5.41) is 0.822. The van der Waals surface area contributed by atoms with Crippen LogP contribution in [-0.4, -0.2) is 38.6 Å². The molecule has 1 fully saturated rings. The lowest BCUT2D eigenvalue weighted by molar-refractivity contribution is -0.692. The smallest absolute Gasteiger partial charge is 0.240 e. The van der Waals surface area contributed by atoms with E-state index in [1.54, 1.807) is 0 Å². The molecule has 0 aromatic carbocycles. The molecule has 2 nitrogen and oxygen atoms in total. The van der Waals surface area contributed by atoms with Gasteiger partial charge >= 0.3 is 0 Å². The first-order valence-corrected chi connectivity index (χ1v) is 4.79. The van der Waals surface area contributed by atoms with Gasteiger partial charge in [0.1, 0.15) is 6.04 Å². The van der Waals surface area contributed by atoms with Crippen LogP contribution in [0.2, 0.25) is 0 Å². The van der Waals surface area contributed by atoms with E-state index in [0.29, 0.717) is 4.48 Å². The topological polar surface area (TPSA) is 3.24 Å². The van der Waals surface area contributed by atoms with Crippen LogP contribution in [0.4, 0.5) is 0 Å². The normalized spacial score (nSPS) is 29.8. The minimum absolute atomic E-state index is 0.215. The van der Waals surface area contributed by atoms with E-state index in [-0.39, 0.29) is 6.04 Å². The van der Waals surface area contributed by atoms with Crippen LogP contribution in [0, 0.1) is 0 Å². The maximum absolute atomic E-state index is 5.24. The number of nitrogens with zero attached hydrogens (tertiary/aromatic N) is 2. The van der Waals surface area contributed by atoms with Gasteiger partial charge in [-0.05, 0) is 19.1 Å². The highest BCUT2D eigenvalue weighted by atomic mass is 79.9. The van der Waals surface area contributed by atoms with Crippen molar-refractivity contribution >= 4 is 50.7 Å². The predicted molar refractivity (Wildman–Crippen MR) is 57.5 cm³/mol. The van der Waals surface area contributed by atoms with Crippen molar-refractivity contribution in [3.8, 4) is 0 Å². The van der Waals surface area contributed by atoms with Gasteiger partial charge in [0.2, 0.25) is 4.99 Å². The number of quaternary nitrogens is 1. The van der Waals surface area contributed by atoms with Crippen LogP contribution in [0.1, 0.15) is 6.92 Å². The molecule has 0 bridgehead atoms. The van der Waals surface area contributed by atoms with Crippen molar-refractivity contribution in [1.82, 2.24) is 3.93 Å². The SMILES string of the molecule is CC1C(=S)[N+](C)(C)C(=S)N1Br. The van der Waals surface area contributed by atoms with Crippen molar-refractivity contribution in [2.75, 3.05) is 14.1 Å². The second-order valence-electron chi connectivity index (χ2n) is 3.06. The molecule has 62 valence electrons. The summed E-state index contributed by atoms with van der Waals surface area (Å²) in [7, 11) is 4.00. The molecular formula is C6H10BrN2S2+. The van der Waals surface area contributed by atoms with Gasteiger partial charge in [0, 0.05) is 12.2 Å². The predicted octanol–water partition coefficient (Wildman–Crippen LogP) is 1.69. The molecule has 5 heteroatoms. The Morgan fingerprint density at radius 3 is 2.00 bits per heavy atom. The van der Waals surface area contributed by atoms with Crippen molar-refractivity contribution < 1.29 is 4.48 Å². The molecule has 1 rings (SSSR count). The van der Waals surface area contributed by atoms with Crippen molar-refractivity contribution in [2.45, 2.75) is 13.0 Å². The summed E-state index contributed by atoms with van der Waals surface area (Å²) < 4.78 is 2.40. The summed E-state index contributed by atoms with van der Waals surface area (Å²) in [6.07, 6.45) is 0. The molecule has 0 aromatic rings. The van der Waals surface area contributed by atoms with E-state index in [1.807, 2.05) is 24.9 Å². The van der Waals surface area contributed by atoms with Crippen molar-refractivity contribution in [2.24, 2.45) is 0 Å². The Morgan fingerprint density at radius 2 is 1.91 bits per heavy atom. The Labute approximate surface area is 86.1 Å². The Morgan fingerprint density at radius 1 is 1.45 bits per heavy atom. The molecule has 1 atom stereocenters. The Kier molecular flexibility index (Phi) is 2.36. The van der Waals surface area contributed by atoms with Gasteiger partial charge in [-0.1, -0.05) is 0 Å². The summed E-state index contributed by atoms with van der Waals surface area (Å²) in [5.74, 6) is 0. The molecule has 1 heterocycles. The van der Waals surface area contributed by atoms with Crippen molar-refractivity contribution in [3.05, 3.63) is 0 Å². The molecule has 1 aliphatic rings. The number of halogens is 1. The lowest BCUT2D eigenvalue weighted by Gasteiger charge is -2.20. The van der Waals surface area contributed by atoms with E-state index >= 15 is 0 Å². The average molecular weight is 254 g/mol. The maximum atomic E-state index is 5.24. The fourth-order valence-electron chi connectivity index (χ4n) is 1.06. The number of rotatable bonds is 0. The molecule has 1 aliphatic heterocycles. The highest BCUT2D eigenvalue weighted by Gasteiger charge is 2.46. The van der Waals surface area contributed by atoms with Gasteiger partial charge in [-0.3, -0.25) is 0 Å². The van der Waals surface area contributed by atoms with E-state index in [9.17, 15) is 0 Å². The van der Waals surface area contributed by atoms with Crippen LogP contribution in [0.5, 0.6) is 0 Å². The number of hydrogen-bond acceptors (Lipinski definition) is 2. The lowest BCUT2D eigenvalue weighted by atomic mass is 10.3. The largest absolute Gasteiger partial charge is 0.288 e. The van der Waals surface area contributed by atoms with Crippen LogP contribution in [-0.2, 0) is 0 Å². The quantitative estimate of drug-likeness (QED) is 0.368. The Hall–Kier alpha value is 0.420. The third kappa shape index (κ3) is 1.24. The number of likely N-dealkylation sites (N-methyl/N-ethyl adjacent to an activating group) is 1. The van der Waals surface area contributed by atoms with Gasteiger partial charge in [-0.2, -0.15) is 0 Å². The molecule has 0 amide bonds. The molecule has 0 aliphatic carbocycles. The highest BCUT2D eigenvalue weighted by molar-refractivity contribution is 9.07.